The average Bonchev–Trinajstić information content (AvgIpc) is 2.83. The number of carbonyl (C=O) groups excluding carboxylic acids is 2. The number of carbonyl (C=O) groups is 3. The van der Waals surface area contributed by atoms with Gasteiger partial charge in [0.05, 0.1) is 5.56 Å². The molecule has 0 aliphatic rings. The molecule has 0 saturated heterocycles. The van der Waals surface area contributed by atoms with E-state index >= 15 is 0 Å². The number of aromatic carboxylic acids is 1. The van der Waals surface area contributed by atoms with Crippen molar-refractivity contribution in [1.29, 1.82) is 0 Å². The number of carboxylic acid groups (broad SMARTS) is 1. The van der Waals surface area contributed by atoms with Gasteiger partial charge >= 0.3 is 12.1 Å². The molecule has 0 radical (unpaired) electrons. The van der Waals surface area contributed by atoms with Gasteiger partial charge in [-0.05, 0) is 47.5 Å². The molecule has 0 aliphatic heterocycles. The van der Waals surface area contributed by atoms with Crippen LogP contribution in [0.2, 0.25) is 0 Å². The summed E-state index contributed by atoms with van der Waals surface area (Å²) in [6.07, 6.45) is 0.586. The first-order valence-corrected chi connectivity index (χ1v) is 9.86. The Morgan fingerprint density at radius 1 is 0.939 bits per heavy atom. The van der Waals surface area contributed by atoms with Crippen LogP contribution in [0.1, 0.15) is 26.3 Å². The van der Waals surface area contributed by atoms with E-state index in [1.165, 1.54) is 12.1 Å². The van der Waals surface area contributed by atoms with Gasteiger partial charge in [0.2, 0.25) is 0 Å². The maximum Gasteiger partial charge on any atom is 0.435 e. The van der Waals surface area contributed by atoms with Crippen LogP contribution in [0.3, 0.4) is 0 Å². The Hall–Kier alpha value is -4.72. The summed E-state index contributed by atoms with van der Waals surface area (Å²) in [4.78, 5) is 39.8. The molecule has 0 aliphatic carbocycles. The lowest BCUT2D eigenvalue weighted by atomic mass is 9.95. The summed E-state index contributed by atoms with van der Waals surface area (Å²) in [7, 11) is 0. The van der Waals surface area contributed by atoms with E-state index in [4.69, 9.17) is 10.5 Å². The molecule has 0 bridgehead atoms. The lowest BCUT2D eigenvalue weighted by Gasteiger charge is -2.12. The first kappa shape index (κ1) is 23.0. The first-order chi connectivity index (χ1) is 15.9. The number of rotatable bonds is 7. The molecule has 8 nitrogen and oxygen atoms in total. The minimum absolute atomic E-state index is 0.0268. The number of aliphatic imine (C=N–C) groups is 1. The minimum Gasteiger partial charge on any atom is -0.478 e. The molecule has 0 heterocycles. The fourth-order valence-electron chi connectivity index (χ4n) is 3.07. The van der Waals surface area contributed by atoms with Gasteiger partial charge in [-0.1, -0.05) is 49.1 Å². The van der Waals surface area contributed by atoms with E-state index in [9.17, 15) is 19.5 Å². The number of benzene rings is 3. The van der Waals surface area contributed by atoms with Crippen LogP contribution >= 0.6 is 0 Å². The van der Waals surface area contributed by atoms with Crippen LogP contribution < -0.4 is 11.1 Å². The van der Waals surface area contributed by atoms with E-state index in [1.54, 1.807) is 66.7 Å². The molecule has 3 rings (SSSR count). The normalized spacial score (nSPS) is 10.8. The third-order valence-corrected chi connectivity index (χ3v) is 4.59. The summed E-state index contributed by atoms with van der Waals surface area (Å²) in [5.74, 6) is -1.52. The molecular formula is C25H21N3O5. The lowest BCUT2D eigenvalue weighted by molar-refractivity contribution is 0.0697. The van der Waals surface area contributed by atoms with Crippen molar-refractivity contribution in [3.05, 3.63) is 102 Å². The quantitative estimate of drug-likeness (QED) is 0.283. The van der Waals surface area contributed by atoms with Gasteiger partial charge in [0.1, 0.15) is 12.4 Å². The Morgan fingerprint density at radius 3 is 2.12 bits per heavy atom. The number of anilines is 1. The fourth-order valence-corrected chi connectivity index (χ4v) is 3.07. The van der Waals surface area contributed by atoms with Crippen molar-refractivity contribution in [3.8, 4) is 11.1 Å². The predicted molar refractivity (Wildman–Crippen MR) is 126 cm³/mol. The van der Waals surface area contributed by atoms with Gasteiger partial charge in [-0.25, -0.2) is 9.59 Å². The predicted octanol–water partition coefficient (Wildman–Crippen LogP) is 4.33. The molecule has 8 heteroatoms. The van der Waals surface area contributed by atoms with E-state index in [2.05, 4.69) is 16.9 Å². The molecule has 33 heavy (non-hydrogen) atoms. The number of nitrogens with two attached hydrogens (primary N) is 1. The van der Waals surface area contributed by atoms with Crippen LogP contribution in [0, 0.1) is 0 Å². The number of nitrogens with zero attached hydrogens (tertiary/aromatic N) is 1. The summed E-state index contributed by atoms with van der Waals surface area (Å²) >= 11 is 0. The fraction of sp³-hybridized carbons (Fsp3) is 0.0400. The molecule has 0 fully saturated rings. The molecule has 0 atom stereocenters. The second-order valence-corrected chi connectivity index (χ2v) is 6.79. The van der Waals surface area contributed by atoms with Gasteiger partial charge in [-0.15, -0.1) is 0 Å². The molecule has 0 unspecified atom stereocenters. The highest BCUT2D eigenvalue weighted by Gasteiger charge is 2.17. The van der Waals surface area contributed by atoms with E-state index in [1.807, 2.05) is 0 Å². The number of nitrogens with one attached hydrogen (secondary N) is 1. The highest BCUT2D eigenvalue weighted by molar-refractivity contribution is 6.10. The van der Waals surface area contributed by atoms with Crippen molar-refractivity contribution >= 4 is 29.5 Å². The summed E-state index contributed by atoms with van der Waals surface area (Å²) in [6.45, 7) is 3.47. The van der Waals surface area contributed by atoms with Crippen LogP contribution in [0.5, 0.6) is 0 Å². The van der Waals surface area contributed by atoms with Crippen molar-refractivity contribution in [3.63, 3.8) is 0 Å². The molecule has 4 N–H and O–H groups in total. The van der Waals surface area contributed by atoms with Crippen molar-refractivity contribution in [2.24, 2.45) is 10.7 Å². The second-order valence-electron chi connectivity index (χ2n) is 6.79. The largest absolute Gasteiger partial charge is 0.478 e. The monoisotopic (exact) mass is 443 g/mol. The number of hydrogen-bond acceptors (Lipinski definition) is 4. The number of amidine groups is 1. The molecule has 3 aromatic carbocycles. The molecular weight excluding hydrogens is 422 g/mol. The molecule has 2 amide bonds. The SMILES string of the molecule is C=CCOC(=O)N=C(N)c1ccc(NC(=O)c2ccccc2-c2ccccc2C(=O)O)cc1. The van der Waals surface area contributed by atoms with Crippen molar-refractivity contribution in [1.82, 2.24) is 0 Å². The number of hydrogen-bond donors (Lipinski definition) is 3. The third-order valence-electron chi connectivity index (χ3n) is 4.59. The molecule has 0 aromatic heterocycles. The highest BCUT2D eigenvalue weighted by atomic mass is 16.5. The summed E-state index contributed by atoms with van der Waals surface area (Å²) < 4.78 is 4.76. The van der Waals surface area contributed by atoms with Gasteiger partial charge in [0.15, 0.2) is 0 Å². The zero-order valence-corrected chi connectivity index (χ0v) is 17.5. The Morgan fingerprint density at radius 2 is 1.52 bits per heavy atom. The number of ether oxygens (including phenoxy) is 1. The van der Waals surface area contributed by atoms with E-state index < -0.39 is 18.0 Å². The summed E-state index contributed by atoms with van der Waals surface area (Å²) in [5, 5.41) is 12.3. The van der Waals surface area contributed by atoms with E-state index in [0.717, 1.165) is 0 Å². The van der Waals surface area contributed by atoms with Crippen LogP contribution in [-0.2, 0) is 4.74 Å². The summed E-state index contributed by atoms with van der Waals surface area (Å²) in [6, 6.07) is 19.7. The number of amides is 2. The molecule has 0 spiro atoms. The maximum atomic E-state index is 13.0. The number of carboxylic acids is 1. The average molecular weight is 443 g/mol. The summed E-state index contributed by atoms with van der Waals surface area (Å²) in [5.41, 5.74) is 8.13. The Bertz CT molecular complexity index is 1230. The van der Waals surface area contributed by atoms with Gasteiger partial charge in [0, 0.05) is 16.8 Å². The smallest absolute Gasteiger partial charge is 0.435 e. The van der Waals surface area contributed by atoms with Gasteiger partial charge in [-0.3, -0.25) is 4.79 Å². The first-order valence-electron chi connectivity index (χ1n) is 9.86. The molecule has 3 aromatic rings. The molecule has 0 saturated carbocycles. The lowest BCUT2D eigenvalue weighted by Crippen LogP contribution is -2.17. The molecule has 166 valence electrons. The van der Waals surface area contributed by atoms with Gasteiger partial charge in [0.25, 0.3) is 5.91 Å². The third kappa shape index (κ3) is 5.71. The Balaban J connectivity index is 1.81. The van der Waals surface area contributed by atoms with Gasteiger partial charge < -0.3 is 20.9 Å². The zero-order chi connectivity index (χ0) is 23.8. The second kappa shape index (κ2) is 10.5. The van der Waals surface area contributed by atoms with Crippen molar-refractivity contribution in [2.45, 2.75) is 0 Å². The zero-order valence-electron chi connectivity index (χ0n) is 17.5. The van der Waals surface area contributed by atoms with Crippen LogP contribution in [0.15, 0.2) is 90.4 Å². The van der Waals surface area contributed by atoms with Crippen molar-refractivity contribution in [2.75, 3.05) is 11.9 Å². The van der Waals surface area contributed by atoms with Crippen LogP contribution in [-0.4, -0.2) is 35.5 Å². The van der Waals surface area contributed by atoms with E-state index in [-0.39, 0.29) is 18.0 Å². The minimum atomic E-state index is -1.08. The Kier molecular flexibility index (Phi) is 7.33. The standard InChI is InChI=1S/C25H21N3O5/c1-2-15-33-25(32)28-22(26)16-11-13-17(14-12-16)27-23(29)20-9-5-3-7-18(20)19-8-4-6-10-21(19)24(30)31/h2-14H,1,15H2,(H,27,29)(H,30,31)(H2,26,28,32). The topological polar surface area (TPSA) is 131 Å². The van der Waals surface area contributed by atoms with Crippen LogP contribution in [0.4, 0.5) is 10.5 Å². The Labute approximate surface area is 190 Å². The highest BCUT2D eigenvalue weighted by Crippen LogP contribution is 2.28. The maximum absolute atomic E-state index is 13.0. The van der Waals surface area contributed by atoms with Crippen LogP contribution in [0.25, 0.3) is 11.1 Å². The van der Waals surface area contributed by atoms with Crippen molar-refractivity contribution < 1.29 is 24.2 Å². The van der Waals surface area contributed by atoms with E-state index in [0.29, 0.717) is 27.9 Å². The van der Waals surface area contributed by atoms with Gasteiger partial charge in [-0.2, -0.15) is 4.99 Å².